The van der Waals surface area contributed by atoms with Gasteiger partial charge in [0, 0.05) is 42.1 Å². The summed E-state index contributed by atoms with van der Waals surface area (Å²) in [6.07, 6.45) is 9.18. The van der Waals surface area contributed by atoms with E-state index in [-0.39, 0.29) is 12.2 Å². The molecule has 11 heteroatoms. The van der Waals surface area contributed by atoms with Crippen LogP contribution in [0.15, 0.2) is 67.4 Å². The highest BCUT2D eigenvalue weighted by Gasteiger charge is 2.13. The summed E-state index contributed by atoms with van der Waals surface area (Å²) in [7, 11) is 0. The van der Waals surface area contributed by atoms with Crippen LogP contribution in [-0.2, 0) is 14.3 Å². The molecule has 1 saturated heterocycles. The van der Waals surface area contributed by atoms with E-state index in [2.05, 4.69) is 42.5 Å². The third-order valence-electron chi connectivity index (χ3n) is 6.90. The molecule has 5 aromatic rings. The molecule has 218 valence electrons. The number of nitrogens with zero attached hydrogens (tertiary/aromatic N) is 5. The summed E-state index contributed by atoms with van der Waals surface area (Å²) in [6, 6.07) is 14.9. The van der Waals surface area contributed by atoms with Gasteiger partial charge in [-0.1, -0.05) is 5.92 Å². The number of anilines is 3. The van der Waals surface area contributed by atoms with Crippen molar-refractivity contribution in [2.75, 3.05) is 23.8 Å². The lowest BCUT2D eigenvalue weighted by atomic mass is 10.1. The van der Waals surface area contributed by atoms with Crippen LogP contribution in [0.5, 0.6) is 11.5 Å². The maximum atomic E-state index is 12.5. The number of unbranched alkanes of at least 4 members (excludes halogenated alkanes) is 1. The second kappa shape index (κ2) is 13.3. The largest absolute Gasteiger partial charge is 0.457 e. The predicted octanol–water partition coefficient (Wildman–Crippen LogP) is 5.78. The van der Waals surface area contributed by atoms with Crippen molar-refractivity contribution in [1.29, 1.82) is 0 Å². The van der Waals surface area contributed by atoms with Crippen molar-refractivity contribution in [2.45, 2.75) is 45.3 Å². The molecule has 1 amide bonds. The van der Waals surface area contributed by atoms with Gasteiger partial charge in [0.2, 0.25) is 0 Å². The van der Waals surface area contributed by atoms with Gasteiger partial charge in [0.25, 0.3) is 5.91 Å². The number of ether oxygens (including phenoxy) is 3. The Bertz CT molecular complexity index is 1800. The molecule has 0 saturated carbocycles. The maximum absolute atomic E-state index is 12.5. The molecule has 6 rings (SSSR count). The SMILES string of the molecule is Cc1cc(Nc2ncnc3ccc(NC(=O)C#CCCCOC4CCCCO4)cc23)ccc1Oc1ccn2ncnc2c1. The van der Waals surface area contributed by atoms with Gasteiger partial charge in [0.15, 0.2) is 11.9 Å². The zero-order valence-electron chi connectivity index (χ0n) is 23.7. The normalized spacial score (nSPS) is 14.7. The first-order valence-corrected chi connectivity index (χ1v) is 14.2. The molecule has 0 spiro atoms. The Labute approximate surface area is 248 Å². The van der Waals surface area contributed by atoms with Gasteiger partial charge in [0.05, 0.1) is 12.1 Å². The topological polar surface area (TPSA) is 125 Å². The predicted molar refractivity (Wildman–Crippen MR) is 162 cm³/mol. The van der Waals surface area contributed by atoms with Gasteiger partial charge in [-0.3, -0.25) is 4.79 Å². The lowest BCUT2D eigenvalue weighted by Gasteiger charge is -2.22. The first-order chi connectivity index (χ1) is 21.1. The summed E-state index contributed by atoms with van der Waals surface area (Å²) in [6.45, 7) is 3.30. The highest BCUT2D eigenvalue weighted by molar-refractivity contribution is 6.05. The Morgan fingerprint density at radius 3 is 2.88 bits per heavy atom. The fraction of sp³-hybridized carbons (Fsp3) is 0.281. The fourth-order valence-electron chi connectivity index (χ4n) is 4.72. The van der Waals surface area contributed by atoms with Crippen LogP contribution >= 0.6 is 0 Å². The third kappa shape index (κ3) is 7.24. The van der Waals surface area contributed by atoms with E-state index in [0.717, 1.165) is 60.2 Å². The molecule has 1 aliphatic rings. The van der Waals surface area contributed by atoms with E-state index in [1.807, 2.05) is 49.4 Å². The van der Waals surface area contributed by atoms with E-state index in [4.69, 9.17) is 14.2 Å². The zero-order chi connectivity index (χ0) is 29.4. The van der Waals surface area contributed by atoms with Crippen molar-refractivity contribution in [3.05, 3.63) is 72.9 Å². The van der Waals surface area contributed by atoms with Gasteiger partial charge in [0.1, 0.15) is 30.0 Å². The molecule has 3 aromatic heterocycles. The molecule has 43 heavy (non-hydrogen) atoms. The summed E-state index contributed by atoms with van der Waals surface area (Å²) in [5.41, 5.74) is 3.82. The van der Waals surface area contributed by atoms with Gasteiger partial charge >= 0.3 is 0 Å². The second-order valence-corrected chi connectivity index (χ2v) is 10.1. The Kier molecular flexibility index (Phi) is 8.68. The van der Waals surface area contributed by atoms with E-state index in [1.165, 1.54) is 12.7 Å². The van der Waals surface area contributed by atoms with Gasteiger partial charge < -0.3 is 24.8 Å². The summed E-state index contributed by atoms with van der Waals surface area (Å²) >= 11 is 0. The van der Waals surface area contributed by atoms with Crippen LogP contribution in [0.1, 0.15) is 37.7 Å². The monoisotopic (exact) mass is 577 g/mol. The first-order valence-electron chi connectivity index (χ1n) is 14.2. The number of carbonyl (C=O) groups is 1. The van der Waals surface area contributed by atoms with Crippen LogP contribution in [0.25, 0.3) is 16.6 Å². The number of hydrogen-bond donors (Lipinski definition) is 2. The third-order valence-corrected chi connectivity index (χ3v) is 6.90. The van der Waals surface area contributed by atoms with Crippen LogP contribution < -0.4 is 15.4 Å². The summed E-state index contributed by atoms with van der Waals surface area (Å²) in [4.78, 5) is 25.5. The summed E-state index contributed by atoms with van der Waals surface area (Å²) in [5, 5.41) is 11.1. The van der Waals surface area contributed by atoms with Crippen molar-refractivity contribution < 1.29 is 19.0 Å². The minimum atomic E-state index is -0.378. The molecule has 1 fully saturated rings. The minimum absolute atomic E-state index is 0.105. The van der Waals surface area contributed by atoms with Crippen molar-refractivity contribution in [2.24, 2.45) is 0 Å². The van der Waals surface area contributed by atoms with Crippen LogP contribution in [0.4, 0.5) is 17.2 Å². The lowest BCUT2D eigenvalue weighted by Crippen LogP contribution is -2.22. The number of rotatable bonds is 9. The van der Waals surface area contributed by atoms with E-state index in [9.17, 15) is 4.79 Å². The van der Waals surface area contributed by atoms with Gasteiger partial charge in [-0.2, -0.15) is 5.10 Å². The number of carbonyl (C=O) groups excluding carboxylic acids is 1. The second-order valence-electron chi connectivity index (χ2n) is 10.1. The van der Waals surface area contributed by atoms with Crippen molar-refractivity contribution in [1.82, 2.24) is 24.6 Å². The number of aromatic nitrogens is 5. The average Bonchev–Trinajstić information content (AvgIpc) is 3.49. The molecule has 2 aromatic carbocycles. The molecule has 4 heterocycles. The number of amides is 1. The van der Waals surface area contributed by atoms with Gasteiger partial charge in [-0.15, -0.1) is 0 Å². The fourth-order valence-corrected chi connectivity index (χ4v) is 4.72. The Hall–Kier alpha value is -5.05. The Morgan fingerprint density at radius 2 is 2.00 bits per heavy atom. The molecule has 1 aliphatic heterocycles. The standard InChI is InChI=1S/C32H31N7O4/c1-22-17-23(10-12-28(22)43-25-13-14-39-29(19-25)34-21-36-39)38-32-26-18-24(9-11-27(26)33-20-35-32)37-30(40)7-3-2-5-15-41-31-8-4-6-16-42-31/h9-14,17-21,31H,2,4-6,8,15-16H2,1H3,(H,37,40)(H,33,35,38). The molecule has 11 nitrogen and oxygen atoms in total. The van der Waals surface area contributed by atoms with E-state index in [1.54, 1.807) is 16.8 Å². The Balaban J connectivity index is 1.07. The lowest BCUT2D eigenvalue weighted by molar-refractivity contribution is -0.162. The van der Waals surface area contributed by atoms with Gasteiger partial charge in [-0.05, 0) is 86.6 Å². The molecule has 1 atom stereocenters. The molecule has 0 bridgehead atoms. The number of fused-ring (bicyclic) bond motifs is 2. The van der Waals surface area contributed by atoms with E-state index >= 15 is 0 Å². The van der Waals surface area contributed by atoms with Crippen molar-refractivity contribution >= 4 is 39.6 Å². The van der Waals surface area contributed by atoms with Gasteiger partial charge in [-0.25, -0.2) is 19.5 Å². The average molecular weight is 578 g/mol. The van der Waals surface area contributed by atoms with Crippen LogP contribution in [0.2, 0.25) is 0 Å². The number of pyridine rings is 1. The molecule has 1 unspecified atom stereocenters. The first kappa shape index (κ1) is 28.1. The number of aryl methyl sites for hydroxylation is 1. The zero-order valence-corrected chi connectivity index (χ0v) is 23.7. The van der Waals surface area contributed by atoms with Crippen LogP contribution in [0.3, 0.4) is 0 Å². The van der Waals surface area contributed by atoms with Crippen LogP contribution in [-0.4, -0.2) is 50.0 Å². The van der Waals surface area contributed by atoms with Crippen LogP contribution in [0, 0.1) is 18.8 Å². The van der Waals surface area contributed by atoms with Crippen molar-refractivity contribution in [3.8, 4) is 23.3 Å². The van der Waals surface area contributed by atoms with E-state index in [0.29, 0.717) is 35.9 Å². The summed E-state index contributed by atoms with van der Waals surface area (Å²) < 4.78 is 19.0. The minimum Gasteiger partial charge on any atom is -0.457 e. The molecule has 0 radical (unpaired) electrons. The highest BCUT2D eigenvalue weighted by Crippen LogP contribution is 2.31. The molecular weight excluding hydrogens is 546 g/mol. The maximum Gasteiger partial charge on any atom is 0.300 e. The molecular formula is C32H31N7O4. The Morgan fingerprint density at radius 1 is 1.07 bits per heavy atom. The quantitative estimate of drug-likeness (QED) is 0.166. The summed E-state index contributed by atoms with van der Waals surface area (Å²) in [5.74, 6) is 7.20. The van der Waals surface area contributed by atoms with E-state index < -0.39 is 0 Å². The smallest absolute Gasteiger partial charge is 0.300 e. The molecule has 2 N–H and O–H groups in total. The number of hydrogen-bond acceptors (Lipinski definition) is 9. The number of benzene rings is 2. The highest BCUT2D eigenvalue weighted by atomic mass is 16.7. The molecule has 0 aliphatic carbocycles. The number of nitrogens with one attached hydrogen (secondary N) is 2. The van der Waals surface area contributed by atoms with Crippen molar-refractivity contribution in [3.63, 3.8) is 0 Å².